The van der Waals surface area contributed by atoms with E-state index in [1.165, 1.54) is 9.58 Å². The Kier molecular flexibility index (Phi) is 8.20. The van der Waals surface area contributed by atoms with Crippen molar-refractivity contribution in [3.05, 3.63) is 78.6 Å². The van der Waals surface area contributed by atoms with Gasteiger partial charge in [-0.2, -0.15) is 0 Å². The van der Waals surface area contributed by atoms with Crippen molar-refractivity contribution < 1.29 is 19.1 Å². The van der Waals surface area contributed by atoms with Gasteiger partial charge in [0, 0.05) is 19.9 Å². The Morgan fingerprint density at radius 3 is 2.61 bits per heavy atom. The molecule has 0 aliphatic rings. The molecule has 2 aromatic heterocycles. The Bertz CT molecular complexity index is 1290. The van der Waals surface area contributed by atoms with E-state index in [1.54, 1.807) is 55.9 Å². The molecule has 1 N–H and O–H groups in total. The van der Waals surface area contributed by atoms with Gasteiger partial charge in [0.2, 0.25) is 11.8 Å². The molecule has 186 valence electrons. The molecular formula is C26H28N6O4. The predicted molar refractivity (Wildman–Crippen MR) is 134 cm³/mol. The summed E-state index contributed by atoms with van der Waals surface area (Å²) < 4.78 is 12.2. The van der Waals surface area contributed by atoms with Crippen LogP contribution in [0.5, 0.6) is 5.75 Å². The highest BCUT2D eigenvalue weighted by Gasteiger charge is 2.33. The molecule has 0 aliphatic heterocycles. The van der Waals surface area contributed by atoms with Gasteiger partial charge in [-0.3, -0.25) is 19.5 Å². The van der Waals surface area contributed by atoms with Crippen molar-refractivity contribution in [3.8, 4) is 5.75 Å². The van der Waals surface area contributed by atoms with Crippen LogP contribution in [0.3, 0.4) is 0 Å². The van der Waals surface area contributed by atoms with Crippen LogP contribution in [0.1, 0.15) is 18.5 Å². The number of carbonyl (C=O) groups is 2. The Morgan fingerprint density at radius 2 is 1.89 bits per heavy atom. The average Bonchev–Trinajstić information content (AvgIpc) is 3.31. The van der Waals surface area contributed by atoms with Gasteiger partial charge < -0.3 is 14.8 Å². The standard InChI is InChI=1S/C26H28N6O4/c1-3-36-21-12-10-19(11-13-21)25(26(34)28-15-16-35-2)32(20-7-6-14-27-17-20)24(33)18-31-23-9-5-4-8-22(23)29-30-31/h4-14,17,25H,3,15-16,18H2,1-2H3,(H,28,34)/t25-/m1/s1. The lowest BCUT2D eigenvalue weighted by molar-refractivity contribution is -0.127. The van der Waals surface area contributed by atoms with E-state index < -0.39 is 6.04 Å². The molecule has 2 heterocycles. The summed E-state index contributed by atoms with van der Waals surface area (Å²) in [6.07, 6.45) is 3.17. The van der Waals surface area contributed by atoms with Crippen molar-refractivity contribution in [1.29, 1.82) is 0 Å². The van der Waals surface area contributed by atoms with Crippen molar-refractivity contribution in [2.24, 2.45) is 0 Å². The molecule has 0 radical (unpaired) electrons. The fourth-order valence-corrected chi connectivity index (χ4v) is 3.88. The molecule has 4 rings (SSSR count). The van der Waals surface area contributed by atoms with Crippen molar-refractivity contribution in [2.75, 3.05) is 31.8 Å². The van der Waals surface area contributed by atoms with Crippen LogP contribution in [0.4, 0.5) is 5.69 Å². The maximum absolute atomic E-state index is 13.9. The molecule has 2 amide bonds. The molecule has 0 unspecified atom stereocenters. The quantitative estimate of drug-likeness (QED) is 0.323. The predicted octanol–water partition coefficient (Wildman–Crippen LogP) is 2.76. The molecule has 10 heteroatoms. The molecular weight excluding hydrogens is 460 g/mol. The molecule has 0 spiro atoms. The molecule has 0 saturated carbocycles. The van der Waals surface area contributed by atoms with E-state index in [1.807, 2.05) is 31.2 Å². The van der Waals surface area contributed by atoms with Crippen molar-refractivity contribution in [1.82, 2.24) is 25.3 Å². The van der Waals surface area contributed by atoms with Gasteiger partial charge in [-0.1, -0.05) is 29.5 Å². The van der Waals surface area contributed by atoms with Gasteiger partial charge in [-0.05, 0) is 48.9 Å². The van der Waals surface area contributed by atoms with Gasteiger partial charge >= 0.3 is 0 Å². The molecule has 1 atom stereocenters. The summed E-state index contributed by atoms with van der Waals surface area (Å²) >= 11 is 0. The normalized spacial score (nSPS) is 11.7. The number of ether oxygens (including phenoxy) is 2. The first-order chi connectivity index (χ1) is 17.6. The Labute approximate surface area is 208 Å². The molecule has 4 aromatic rings. The number of pyridine rings is 1. The smallest absolute Gasteiger partial charge is 0.249 e. The van der Waals surface area contributed by atoms with Crippen LogP contribution < -0.4 is 15.0 Å². The Hall–Kier alpha value is -4.31. The van der Waals surface area contributed by atoms with E-state index in [4.69, 9.17) is 9.47 Å². The minimum absolute atomic E-state index is 0.117. The Morgan fingerprint density at radius 1 is 1.08 bits per heavy atom. The van der Waals surface area contributed by atoms with Gasteiger partial charge in [0.1, 0.15) is 23.9 Å². The van der Waals surface area contributed by atoms with Crippen molar-refractivity contribution >= 4 is 28.5 Å². The third-order valence-corrected chi connectivity index (χ3v) is 5.52. The molecule has 0 fully saturated rings. The summed E-state index contributed by atoms with van der Waals surface area (Å²) in [6.45, 7) is 2.94. The van der Waals surface area contributed by atoms with Crippen molar-refractivity contribution in [2.45, 2.75) is 19.5 Å². The lowest BCUT2D eigenvalue weighted by Gasteiger charge is -2.31. The highest BCUT2D eigenvalue weighted by molar-refractivity contribution is 6.01. The van der Waals surface area contributed by atoms with E-state index in [0.717, 1.165) is 5.52 Å². The van der Waals surface area contributed by atoms with E-state index >= 15 is 0 Å². The SMILES string of the molecule is CCOc1ccc([C@H](C(=O)NCCOC)N(C(=O)Cn2nnc3ccccc32)c2cccnc2)cc1. The topological polar surface area (TPSA) is 111 Å². The number of amides is 2. The number of para-hydroxylation sites is 1. The highest BCUT2D eigenvalue weighted by atomic mass is 16.5. The van der Waals surface area contributed by atoms with Crippen LogP contribution >= 0.6 is 0 Å². The van der Waals surface area contributed by atoms with Gasteiger partial charge in [-0.15, -0.1) is 5.10 Å². The van der Waals surface area contributed by atoms with Gasteiger partial charge in [-0.25, -0.2) is 4.68 Å². The molecule has 0 aliphatic carbocycles. The summed E-state index contributed by atoms with van der Waals surface area (Å²) in [4.78, 5) is 33.0. The fourth-order valence-electron chi connectivity index (χ4n) is 3.88. The molecule has 0 bridgehead atoms. The molecule has 2 aromatic carbocycles. The van der Waals surface area contributed by atoms with Crippen LogP contribution in [0.2, 0.25) is 0 Å². The number of fused-ring (bicyclic) bond motifs is 1. The second-order valence-corrected chi connectivity index (χ2v) is 7.90. The summed E-state index contributed by atoms with van der Waals surface area (Å²) in [5, 5.41) is 11.2. The lowest BCUT2D eigenvalue weighted by Crippen LogP contribution is -2.46. The summed E-state index contributed by atoms with van der Waals surface area (Å²) in [5.41, 5.74) is 2.50. The van der Waals surface area contributed by atoms with E-state index in [2.05, 4.69) is 20.6 Å². The zero-order chi connectivity index (χ0) is 25.3. The average molecular weight is 489 g/mol. The maximum atomic E-state index is 13.9. The molecule has 0 saturated heterocycles. The number of rotatable bonds is 11. The molecule has 10 nitrogen and oxygen atoms in total. The summed E-state index contributed by atoms with van der Waals surface area (Å²) in [6, 6.07) is 17.0. The first-order valence-electron chi connectivity index (χ1n) is 11.6. The minimum atomic E-state index is -0.969. The van der Waals surface area contributed by atoms with Crippen LogP contribution in [0.15, 0.2) is 73.1 Å². The van der Waals surface area contributed by atoms with Crippen molar-refractivity contribution in [3.63, 3.8) is 0 Å². The fraction of sp³-hybridized carbons (Fsp3) is 0.269. The Balaban J connectivity index is 1.74. The number of nitrogens with zero attached hydrogens (tertiary/aromatic N) is 5. The number of methoxy groups -OCH3 is 1. The van der Waals surface area contributed by atoms with E-state index in [-0.39, 0.29) is 18.4 Å². The van der Waals surface area contributed by atoms with Crippen LogP contribution in [-0.2, 0) is 20.9 Å². The number of anilines is 1. The third-order valence-electron chi connectivity index (χ3n) is 5.52. The number of nitrogens with one attached hydrogen (secondary N) is 1. The monoisotopic (exact) mass is 488 g/mol. The van der Waals surface area contributed by atoms with E-state index in [9.17, 15) is 9.59 Å². The lowest BCUT2D eigenvalue weighted by atomic mass is 10.0. The second kappa shape index (κ2) is 11.9. The zero-order valence-corrected chi connectivity index (χ0v) is 20.2. The van der Waals surface area contributed by atoms with Crippen LogP contribution in [0, 0.1) is 0 Å². The van der Waals surface area contributed by atoms with Gasteiger partial charge in [0.25, 0.3) is 0 Å². The third kappa shape index (κ3) is 5.66. The number of benzene rings is 2. The van der Waals surface area contributed by atoms with Gasteiger partial charge in [0.15, 0.2) is 0 Å². The second-order valence-electron chi connectivity index (χ2n) is 7.90. The zero-order valence-electron chi connectivity index (χ0n) is 20.2. The number of carbonyl (C=O) groups excluding carboxylic acids is 2. The summed E-state index contributed by atoms with van der Waals surface area (Å²) in [5.74, 6) is -0.0237. The van der Waals surface area contributed by atoms with Crippen LogP contribution in [-0.4, -0.2) is 58.7 Å². The van der Waals surface area contributed by atoms with Gasteiger partial charge in [0.05, 0.1) is 30.6 Å². The van der Waals surface area contributed by atoms with E-state index in [0.29, 0.717) is 42.3 Å². The largest absolute Gasteiger partial charge is 0.494 e. The summed E-state index contributed by atoms with van der Waals surface area (Å²) in [7, 11) is 1.56. The number of aromatic nitrogens is 4. The minimum Gasteiger partial charge on any atom is -0.494 e. The first kappa shape index (κ1) is 24.8. The molecule has 36 heavy (non-hydrogen) atoms. The number of hydrogen-bond acceptors (Lipinski definition) is 7. The maximum Gasteiger partial charge on any atom is 0.249 e. The van der Waals surface area contributed by atoms with Crippen LogP contribution in [0.25, 0.3) is 11.0 Å². The number of hydrogen-bond donors (Lipinski definition) is 1. The highest BCUT2D eigenvalue weighted by Crippen LogP contribution is 2.29. The first-order valence-corrected chi connectivity index (χ1v) is 11.6.